The van der Waals surface area contributed by atoms with E-state index in [1.165, 1.54) is 11.7 Å². The number of hydrogen-bond donors (Lipinski definition) is 1. The fourth-order valence-electron chi connectivity index (χ4n) is 5.10. The summed E-state index contributed by atoms with van der Waals surface area (Å²) in [6, 6.07) is -1.60. The Balaban J connectivity index is 1.60. The van der Waals surface area contributed by atoms with E-state index < -0.39 is 53.3 Å². The Kier molecular flexibility index (Phi) is 5.06. The molecule has 2 unspecified atom stereocenters. The molecule has 10 heteroatoms. The van der Waals surface area contributed by atoms with Gasteiger partial charge in [-0.1, -0.05) is 22.6 Å². The number of nitrogens with zero attached hydrogens (tertiary/aromatic N) is 2. The molecule has 0 bridgehead atoms. The number of hydrogen-bond acceptors (Lipinski definition) is 4. The van der Waals surface area contributed by atoms with E-state index in [1.54, 1.807) is 4.90 Å². The minimum absolute atomic E-state index is 0.0448. The molecule has 6 atom stereocenters. The molecule has 0 spiro atoms. The van der Waals surface area contributed by atoms with Gasteiger partial charge in [-0.2, -0.15) is 0 Å². The second-order valence-electron chi connectivity index (χ2n) is 8.94. The highest BCUT2D eigenvalue weighted by Crippen LogP contribution is 2.55. The van der Waals surface area contributed by atoms with E-state index in [1.807, 2.05) is 0 Å². The van der Waals surface area contributed by atoms with E-state index in [-0.39, 0.29) is 33.6 Å². The lowest BCUT2D eigenvalue weighted by Crippen LogP contribution is -2.44. The van der Waals surface area contributed by atoms with Gasteiger partial charge in [0.2, 0.25) is 5.43 Å². The highest BCUT2D eigenvalue weighted by molar-refractivity contribution is 14.1. The maximum absolute atomic E-state index is 15.4. The van der Waals surface area contributed by atoms with E-state index in [9.17, 15) is 23.5 Å². The monoisotopic (exact) mass is 550 g/mol. The molecule has 2 saturated carbocycles. The molecule has 0 aromatic carbocycles. The van der Waals surface area contributed by atoms with Crippen molar-refractivity contribution in [2.45, 2.75) is 53.2 Å². The zero-order chi connectivity index (χ0) is 22.2. The van der Waals surface area contributed by atoms with E-state index in [4.69, 9.17) is 4.74 Å². The van der Waals surface area contributed by atoms with E-state index >= 15 is 4.39 Å². The van der Waals surface area contributed by atoms with Gasteiger partial charge in [-0.15, -0.1) is 0 Å². The van der Waals surface area contributed by atoms with Gasteiger partial charge < -0.3 is 14.4 Å². The Morgan fingerprint density at radius 2 is 1.97 bits per heavy atom. The van der Waals surface area contributed by atoms with Crippen LogP contribution in [0, 0.1) is 5.92 Å². The standard InChI is InChI=1S/C21H22F3IN2O4/c1-31-19-16-9(18(28)10(20(29)30)6-27(16)15-5-12(15)22)4-13(23)17(19)26-7-11(14(24)8-26)21(25)2-3-21/h4,6,11-12,14-15,17,19H,2-3,5,7-8H2,1H3,(H,29,30)/t11-,12-,14+,15+,17?,19?/m0/s1. The molecular formula is C21H22F3IN2O4. The third kappa shape index (κ3) is 3.36. The molecule has 168 valence electrons. The number of likely N-dealkylation sites (tertiary alicyclic amines) is 1. The maximum atomic E-state index is 15.4. The van der Waals surface area contributed by atoms with Crippen molar-refractivity contribution >= 4 is 34.6 Å². The first-order valence-corrected chi connectivity index (χ1v) is 11.4. The Bertz CT molecular complexity index is 1040. The number of fused-ring (bicyclic) bond motifs is 1. The summed E-state index contributed by atoms with van der Waals surface area (Å²) in [5, 5.41) is 9.41. The van der Waals surface area contributed by atoms with Crippen LogP contribution in [0.3, 0.4) is 0 Å². The van der Waals surface area contributed by atoms with Crippen LogP contribution in [0.4, 0.5) is 13.2 Å². The number of aromatic nitrogens is 1. The summed E-state index contributed by atoms with van der Waals surface area (Å²) in [5.74, 6) is -2.35. The van der Waals surface area contributed by atoms with Crippen LogP contribution >= 0.6 is 22.6 Å². The number of carbonyl (C=O) groups is 1. The molecular weight excluding hydrogens is 528 g/mol. The third-order valence-corrected chi connectivity index (χ3v) is 8.90. The molecule has 1 aromatic heterocycles. The van der Waals surface area contributed by atoms with Crippen LogP contribution in [0.2, 0.25) is 0 Å². The van der Waals surface area contributed by atoms with E-state index in [2.05, 4.69) is 22.6 Å². The molecule has 5 rings (SSSR count). The Hall–Kier alpha value is -1.40. The topological polar surface area (TPSA) is 71.8 Å². The maximum Gasteiger partial charge on any atom is 0.341 e. The first-order chi connectivity index (χ1) is 14.7. The van der Waals surface area contributed by atoms with Gasteiger partial charge >= 0.3 is 5.97 Å². The van der Waals surface area contributed by atoms with Crippen molar-refractivity contribution in [1.29, 1.82) is 0 Å². The van der Waals surface area contributed by atoms with Gasteiger partial charge in [0.05, 0.1) is 17.8 Å². The first kappa shape index (κ1) is 21.4. The van der Waals surface area contributed by atoms with Gasteiger partial charge in [0.15, 0.2) is 0 Å². The normalized spacial score (nSPS) is 36.1. The largest absolute Gasteiger partial charge is 0.477 e. The van der Waals surface area contributed by atoms with Gasteiger partial charge in [-0.05, 0) is 18.9 Å². The van der Waals surface area contributed by atoms with E-state index in [0.29, 0.717) is 6.54 Å². The van der Waals surface area contributed by atoms with Crippen LogP contribution in [0.1, 0.15) is 53.0 Å². The Morgan fingerprint density at radius 3 is 2.52 bits per heavy atom. The fraction of sp³-hybridized carbons (Fsp3) is 0.619. The van der Waals surface area contributed by atoms with Crippen LogP contribution in [-0.4, -0.2) is 62.5 Å². The predicted molar refractivity (Wildman–Crippen MR) is 115 cm³/mol. The van der Waals surface area contributed by atoms with Gasteiger partial charge in [0.25, 0.3) is 0 Å². The lowest BCUT2D eigenvalue weighted by Gasteiger charge is -2.37. The highest BCUT2D eigenvalue weighted by Gasteiger charge is 2.56. The molecule has 6 nitrogen and oxygen atoms in total. The molecule has 1 saturated heterocycles. The molecule has 31 heavy (non-hydrogen) atoms. The molecule has 4 aliphatic rings. The number of ether oxygens (including phenoxy) is 1. The second-order valence-corrected chi connectivity index (χ2v) is 11.1. The van der Waals surface area contributed by atoms with Crippen LogP contribution in [-0.2, 0) is 4.74 Å². The third-order valence-electron chi connectivity index (χ3n) is 7.02. The highest BCUT2D eigenvalue weighted by atomic mass is 127. The van der Waals surface area contributed by atoms with Gasteiger partial charge in [0, 0.05) is 47.7 Å². The summed E-state index contributed by atoms with van der Waals surface area (Å²) in [6.45, 7) is 0.404. The summed E-state index contributed by atoms with van der Waals surface area (Å²) in [7, 11) is 1.36. The number of carboxylic acids is 1. The van der Waals surface area contributed by atoms with Crippen molar-refractivity contribution < 1.29 is 27.8 Å². The number of alkyl halides is 3. The summed E-state index contributed by atoms with van der Waals surface area (Å²) in [5.41, 5.74) is -1.26. The summed E-state index contributed by atoms with van der Waals surface area (Å²) >= 11 is 2.30. The number of aromatic carboxylic acids is 1. The molecule has 0 amide bonds. The zero-order valence-electron chi connectivity index (χ0n) is 16.7. The minimum atomic E-state index is -1.46. The average Bonchev–Trinajstić information content (AvgIpc) is 3.60. The van der Waals surface area contributed by atoms with E-state index in [0.717, 1.165) is 25.1 Å². The van der Waals surface area contributed by atoms with Crippen molar-refractivity contribution in [1.82, 2.24) is 9.47 Å². The van der Waals surface area contributed by atoms with Crippen LogP contribution in [0.25, 0.3) is 6.08 Å². The van der Waals surface area contributed by atoms with Crippen molar-refractivity contribution in [2.24, 2.45) is 5.92 Å². The quantitative estimate of drug-likeness (QED) is 0.450. The molecule has 3 fully saturated rings. The van der Waals surface area contributed by atoms with Crippen molar-refractivity contribution in [2.75, 3.05) is 20.2 Å². The number of pyridine rings is 1. The predicted octanol–water partition coefficient (Wildman–Crippen LogP) is 3.45. The summed E-state index contributed by atoms with van der Waals surface area (Å²) < 4.78 is 51.1. The minimum Gasteiger partial charge on any atom is -0.477 e. The van der Waals surface area contributed by atoms with Gasteiger partial charge in [-0.3, -0.25) is 9.69 Å². The van der Waals surface area contributed by atoms with Crippen LogP contribution in [0.15, 0.2) is 16.8 Å². The lowest BCUT2D eigenvalue weighted by atomic mass is 9.91. The molecule has 3 aliphatic carbocycles. The van der Waals surface area contributed by atoms with Crippen LogP contribution in [0.5, 0.6) is 0 Å². The Labute approximate surface area is 190 Å². The summed E-state index contributed by atoms with van der Waals surface area (Å²) in [4.78, 5) is 26.0. The lowest BCUT2D eigenvalue weighted by molar-refractivity contribution is 0.0178. The smallest absolute Gasteiger partial charge is 0.341 e. The number of carboxylic acid groups (broad SMARTS) is 1. The second kappa shape index (κ2) is 7.31. The van der Waals surface area contributed by atoms with Gasteiger partial charge in [0.1, 0.15) is 29.8 Å². The number of rotatable bonds is 5. The molecule has 1 aliphatic heterocycles. The van der Waals surface area contributed by atoms with Crippen molar-refractivity contribution in [3.63, 3.8) is 0 Å². The average molecular weight is 550 g/mol. The van der Waals surface area contributed by atoms with Crippen LogP contribution < -0.4 is 5.43 Å². The zero-order valence-corrected chi connectivity index (χ0v) is 18.9. The van der Waals surface area contributed by atoms with Crippen molar-refractivity contribution in [3.05, 3.63) is 39.1 Å². The van der Waals surface area contributed by atoms with Gasteiger partial charge in [-0.25, -0.2) is 18.0 Å². The molecule has 2 heterocycles. The SMILES string of the molecule is COC1c2c(c(=O)c(C(=O)O)cn2[C@@H]2C[C@@H]2F)C=C(F)C1N1C[C@@H](F)[C@@H](C2(I)CC2)C1. The first-order valence-electron chi connectivity index (χ1n) is 10.3. The fourth-order valence-corrected chi connectivity index (χ4v) is 5.95. The molecule has 1 aromatic rings. The number of methoxy groups -OCH3 is 1. The van der Waals surface area contributed by atoms with Crippen molar-refractivity contribution in [3.8, 4) is 0 Å². The molecule has 1 N–H and O–H groups in total. The summed E-state index contributed by atoms with van der Waals surface area (Å²) in [6.07, 6.45) is 0.931. The molecule has 0 radical (unpaired) electrons. The number of halogens is 4. The Morgan fingerprint density at radius 1 is 1.29 bits per heavy atom.